The van der Waals surface area contributed by atoms with Crippen LogP contribution in [-0.2, 0) is 11.3 Å². The van der Waals surface area contributed by atoms with Gasteiger partial charge in [-0.3, -0.25) is 4.79 Å². The van der Waals surface area contributed by atoms with E-state index in [1.165, 1.54) is 0 Å². The zero-order valence-electron chi connectivity index (χ0n) is 11.7. The van der Waals surface area contributed by atoms with Crippen LogP contribution in [0.2, 0.25) is 0 Å². The molecule has 19 heavy (non-hydrogen) atoms. The largest absolute Gasteiger partial charge is 0.467 e. The number of hydrogen-bond donors (Lipinski definition) is 1. The Morgan fingerprint density at radius 3 is 2.95 bits per heavy atom. The van der Waals surface area contributed by atoms with Gasteiger partial charge in [0.05, 0.1) is 18.2 Å². The molecule has 2 saturated carbocycles. The highest BCUT2D eigenvalue weighted by Gasteiger charge is 2.60. The van der Waals surface area contributed by atoms with Crippen molar-refractivity contribution >= 4 is 5.91 Å². The van der Waals surface area contributed by atoms with E-state index in [1.807, 2.05) is 12.1 Å². The Hall–Kier alpha value is -1.51. The van der Waals surface area contributed by atoms with Crippen molar-refractivity contribution in [2.24, 2.45) is 16.7 Å². The highest BCUT2D eigenvalue weighted by molar-refractivity contribution is 5.87. The summed E-state index contributed by atoms with van der Waals surface area (Å²) >= 11 is 0. The van der Waals surface area contributed by atoms with Crippen LogP contribution in [0, 0.1) is 16.7 Å². The molecule has 3 heteroatoms. The summed E-state index contributed by atoms with van der Waals surface area (Å²) in [7, 11) is 0. The van der Waals surface area contributed by atoms with Crippen molar-refractivity contribution in [2.45, 2.75) is 39.7 Å². The second-order valence-corrected chi connectivity index (χ2v) is 6.48. The lowest BCUT2D eigenvalue weighted by Gasteiger charge is -2.37. The Labute approximate surface area is 114 Å². The van der Waals surface area contributed by atoms with Gasteiger partial charge in [0, 0.05) is 0 Å². The van der Waals surface area contributed by atoms with Gasteiger partial charge in [-0.2, -0.15) is 0 Å². The fourth-order valence-electron chi connectivity index (χ4n) is 3.89. The zero-order valence-corrected chi connectivity index (χ0v) is 11.7. The first kappa shape index (κ1) is 12.5. The first-order chi connectivity index (χ1) is 8.97. The van der Waals surface area contributed by atoms with Gasteiger partial charge in [0.2, 0.25) is 5.91 Å². The van der Waals surface area contributed by atoms with Gasteiger partial charge in [-0.25, -0.2) is 0 Å². The zero-order chi connectivity index (χ0) is 13.7. The number of carbonyl (C=O) groups is 1. The third-order valence-electron chi connectivity index (χ3n) is 5.33. The van der Waals surface area contributed by atoms with E-state index < -0.39 is 0 Å². The molecule has 0 aromatic carbocycles. The Balaban J connectivity index is 1.75. The second-order valence-electron chi connectivity index (χ2n) is 6.48. The van der Waals surface area contributed by atoms with Gasteiger partial charge in [0.25, 0.3) is 0 Å². The molecule has 0 radical (unpaired) electrons. The molecule has 2 bridgehead atoms. The molecule has 0 aliphatic heterocycles. The van der Waals surface area contributed by atoms with Crippen LogP contribution in [0.15, 0.2) is 35.0 Å². The Bertz CT molecular complexity index is 515. The molecule has 2 fully saturated rings. The van der Waals surface area contributed by atoms with Crippen LogP contribution in [-0.4, -0.2) is 5.91 Å². The summed E-state index contributed by atoms with van der Waals surface area (Å²) in [6.45, 7) is 9.15. The molecule has 1 N–H and O–H groups in total. The Morgan fingerprint density at radius 2 is 2.37 bits per heavy atom. The van der Waals surface area contributed by atoms with Crippen molar-refractivity contribution in [1.29, 1.82) is 0 Å². The predicted octanol–water partition coefficient (Wildman–Crippen LogP) is 3.28. The van der Waals surface area contributed by atoms with E-state index in [2.05, 4.69) is 25.7 Å². The molecular formula is C16H21NO2. The number of rotatable bonds is 3. The fourth-order valence-corrected chi connectivity index (χ4v) is 3.89. The molecule has 0 unspecified atom stereocenters. The number of furan rings is 1. The van der Waals surface area contributed by atoms with E-state index in [-0.39, 0.29) is 16.7 Å². The molecule has 3 nitrogen and oxygen atoms in total. The normalized spacial score (nSPS) is 31.7. The van der Waals surface area contributed by atoms with Gasteiger partial charge in [0.15, 0.2) is 0 Å². The molecular weight excluding hydrogens is 238 g/mol. The van der Waals surface area contributed by atoms with Crippen molar-refractivity contribution < 1.29 is 9.21 Å². The lowest BCUT2D eigenvalue weighted by atomic mass is 9.68. The van der Waals surface area contributed by atoms with Crippen molar-refractivity contribution in [2.75, 3.05) is 0 Å². The minimum absolute atomic E-state index is 0.0975. The van der Waals surface area contributed by atoms with Gasteiger partial charge in [-0.1, -0.05) is 26.0 Å². The number of nitrogens with one attached hydrogen (secondary N) is 1. The van der Waals surface area contributed by atoms with Crippen LogP contribution in [0.3, 0.4) is 0 Å². The fraction of sp³-hybridized carbons (Fsp3) is 0.562. The molecule has 2 aliphatic carbocycles. The van der Waals surface area contributed by atoms with Gasteiger partial charge in [0.1, 0.15) is 5.76 Å². The summed E-state index contributed by atoms with van der Waals surface area (Å²) < 4.78 is 5.25. The van der Waals surface area contributed by atoms with Crippen molar-refractivity contribution in [1.82, 2.24) is 5.32 Å². The standard InChI is InChI=1S/C16H21NO2/c1-11-15(2,3)12-6-7-16(11,9-12)14(18)17-10-13-5-4-8-19-13/h4-5,8,12H,1,6-7,9-10H2,2-3H3,(H,17,18)/t12-,16-/m1/s1. The number of amides is 1. The van der Waals surface area contributed by atoms with Crippen LogP contribution >= 0.6 is 0 Å². The Morgan fingerprint density at radius 1 is 1.58 bits per heavy atom. The van der Waals surface area contributed by atoms with E-state index in [0.717, 1.165) is 30.6 Å². The maximum atomic E-state index is 12.6. The smallest absolute Gasteiger partial charge is 0.230 e. The third-order valence-corrected chi connectivity index (χ3v) is 5.33. The van der Waals surface area contributed by atoms with E-state index in [0.29, 0.717) is 12.5 Å². The highest BCUT2D eigenvalue weighted by Crippen LogP contribution is 2.65. The second kappa shape index (κ2) is 3.99. The SMILES string of the molecule is C=C1C(C)(C)[C@@H]2CC[C@@]1(C(=O)NCc1ccco1)C2. The number of fused-ring (bicyclic) bond motifs is 2. The maximum absolute atomic E-state index is 12.6. The van der Waals surface area contributed by atoms with Crippen LogP contribution in [0.1, 0.15) is 38.9 Å². The molecule has 0 spiro atoms. The van der Waals surface area contributed by atoms with Crippen LogP contribution < -0.4 is 5.32 Å². The topological polar surface area (TPSA) is 42.2 Å². The summed E-state index contributed by atoms with van der Waals surface area (Å²) in [4.78, 5) is 12.6. The minimum atomic E-state index is -0.333. The third kappa shape index (κ3) is 1.67. The number of carbonyl (C=O) groups excluding carboxylic acids is 1. The first-order valence-electron chi connectivity index (χ1n) is 6.97. The molecule has 3 rings (SSSR count). The molecule has 2 aliphatic rings. The van der Waals surface area contributed by atoms with E-state index in [1.54, 1.807) is 6.26 Å². The highest BCUT2D eigenvalue weighted by atomic mass is 16.3. The Kier molecular flexibility index (Phi) is 2.63. The summed E-state index contributed by atoms with van der Waals surface area (Å²) in [5.41, 5.74) is 0.884. The summed E-state index contributed by atoms with van der Waals surface area (Å²) in [5.74, 6) is 1.53. The summed E-state index contributed by atoms with van der Waals surface area (Å²) in [6, 6.07) is 3.71. The average molecular weight is 259 g/mol. The van der Waals surface area contributed by atoms with Crippen LogP contribution in [0.25, 0.3) is 0 Å². The van der Waals surface area contributed by atoms with Crippen molar-refractivity contribution in [3.63, 3.8) is 0 Å². The number of hydrogen-bond acceptors (Lipinski definition) is 2. The maximum Gasteiger partial charge on any atom is 0.230 e. The van der Waals surface area contributed by atoms with E-state index >= 15 is 0 Å². The molecule has 1 aromatic rings. The van der Waals surface area contributed by atoms with Crippen LogP contribution in [0.5, 0.6) is 0 Å². The quantitative estimate of drug-likeness (QED) is 0.846. The monoisotopic (exact) mass is 259 g/mol. The molecule has 1 aromatic heterocycles. The molecule has 1 amide bonds. The van der Waals surface area contributed by atoms with Crippen LogP contribution in [0.4, 0.5) is 0 Å². The summed E-state index contributed by atoms with van der Waals surface area (Å²) in [5, 5.41) is 3.02. The molecule has 102 valence electrons. The van der Waals surface area contributed by atoms with Gasteiger partial charge in [-0.05, 0) is 42.7 Å². The minimum Gasteiger partial charge on any atom is -0.467 e. The lowest BCUT2D eigenvalue weighted by Crippen LogP contribution is -2.41. The molecule has 0 saturated heterocycles. The molecule has 2 atom stereocenters. The molecule has 1 heterocycles. The van der Waals surface area contributed by atoms with Gasteiger partial charge in [-0.15, -0.1) is 0 Å². The average Bonchev–Trinajstić information content (AvgIpc) is 3.07. The van der Waals surface area contributed by atoms with Crippen molar-refractivity contribution in [3.05, 3.63) is 36.3 Å². The van der Waals surface area contributed by atoms with E-state index in [4.69, 9.17) is 4.42 Å². The van der Waals surface area contributed by atoms with Crippen molar-refractivity contribution in [3.8, 4) is 0 Å². The van der Waals surface area contributed by atoms with Gasteiger partial charge < -0.3 is 9.73 Å². The lowest BCUT2D eigenvalue weighted by molar-refractivity contribution is -0.129. The summed E-state index contributed by atoms with van der Waals surface area (Å²) in [6.07, 6.45) is 4.68. The van der Waals surface area contributed by atoms with E-state index in [9.17, 15) is 4.79 Å². The predicted molar refractivity (Wildman–Crippen MR) is 73.2 cm³/mol. The van der Waals surface area contributed by atoms with Gasteiger partial charge >= 0.3 is 0 Å². The first-order valence-corrected chi connectivity index (χ1v) is 6.97.